The molecule has 1 saturated carbocycles. The number of nitrogens with one attached hydrogen (secondary N) is 1. The lowest BCUT2D eigenvalue weighted by Gasteiger charge is -2.40. The first-order chi connectivity index (χ1) is 8.69. The Balaban J connectivity index is 2.31. The molecule has 19 heavy (non-hydrogen) atoms. The van der Waals surface area contributed by atoms with Crippen LogP contribution in [-0.4, -0.2) is 28.6 Å². The summed E-state index contributed by atoms with van der Waals surface area (Å²) < 4.78 is 0. The van der Waals surface area contributed by atoms with Crippen LogP contribution < -0.4 is 5.32 Å². The van der Waals surface area contributed by atoms with Gasteiger partial charge in [-0.25, -0.2) is 0 Å². The summed E-state index contributed by atoms with van der Waals surface area (Å²) in [6.45, 7) is 13.3. The van der Waals surface area contributed by atoms with Gasteiger partial charge in [-0.2, -0.15) is 0 Å². The second kappa shape index (κ2) is 4.76. The van der Waals surface area contributed by atoms with Crippen LogP contribution in [-0.2, 0) is 4.79 Å². The van der Waals surface area contributed by atoms with Crippen LogP contribution in [0.5, 0.6) is 0 Å². The minimum absolute atomic E-state index is 0.120. The number of nitrogens with zero attached hydrogens (tertiary/aromatic N) is 1. The van der Waals surface area contributed by atoms with Crippen LogP contribution in [0.4, 0.5) is 0 Å². The summed E-state index contributed by atoms with van der Waals surface area (Å²) in [5.41, 5.74) is -0.122. The maximum atomic E-state index is 13.0. The summed E-state index contributed by atoms with van der Waals surface area (Å²) in [5.74, 6) is 0.805. The molecule has 1 aliphatic heterocycles. The van der Waals surface area contributed by atoms with E-state index in [0.29, 0.717) is 11.8 Å². The molecular formula is C16H30N2O. The zero-order valence-corrected chi connectivity index (χ0v) is 13.4. The Bertz CT molecular complexity index is 350. The fraction of sp³-hybridized carbons (Fsp3) is 0.938. The highest BCUT2D eigenvalue weighted by atomic mass is 16.2. The van der Waals surface area contributed by atoms with Crippen molar-refractivity contribution in [1.29, 1.82) is 0 Å². The van der Waals surface area contributed by atoms with E-state index in [1.807, 2.05) is 0 Å². The molecule has 2 atom stereocenters. The molecule has 1 heterocycles. The van der Waals surface area contributed by atoms with Crippen molar-refractivity contribution in [2.24, 2.45) is 11.3 Å². The lowest BCUT2D eigenvalue weighted by molar-refractivity contribution is -0.137. The minimum atomic E-state index is -0.242. The van der Waals surface area contributed by atoms with E-state index in [2.05, 4.69) is 51.8 Å². The zero-order chi connectivity index (χ0) is 14.4. The largest absolute Gasteiger partial charge is 0.322 e. The topological polar surface area (TPSA) is 32.3 Å². The van der Waals surface area contributed by atoms with E-state index in [0.717, 1.165) is 12.8 Å². The van der Waals surface area contributed by atoms with Crippen LogP contribution in [0.2, 0.25) is 0 Å². The van der Waals surface area contributed by atoms with Gasteiger partial charge in [-0.3, -0.25) is 10.1 Å². The quantitative estimate of drug-likeness (QED) is 0.832. The number of carbonyl (C=O) groups is 1. The van der Waals surface area contributed by atoms with Crippen LogP contribution in [0.15, 0.2) is 0 Å². The third-order valence-corrected chi connectivity index (χ3v) is 5.13. The van der Waals surface area contributed by atoms with E-state index in [4.69, 9.17) is 0 Å². The summed E-state index contributed by atoms with van der Waals surface area (Å²) >= 11 is 0. The predicted molar refractivity (Wildman–Crippen MR) is 78.7 cm³/mol. The molecule has 2 fully saturated rings. The van der Waals surface area contributed by atoms with E-state index < -0.39 is 0 Å². The van der Waals surface area contributed by atoms with Gasteiger partial charge in [0.25, 0.3) is 0 Å². The first-order valence-corrected chi connectivity index (χ1v) is 7.79. The molecule has 3 heteroatoms. The molecule has 1 spiro atoms. The number of hydrogen-bond acceptors (Lipinski definition) is 2. The highest BCUT2D eigenvalue weighted by Crippen LogP contribution is 2.40. The molecule has 0 bridgehead atoms. The number of carbonyl (C=O) groups excluding carboxylic acids is 1. The summed E-state index contributed by atoms with van der Waals surface area (Å²) in [6.07, 6.45) is 4.59. The monoisotopic (exact) mass is 266 g/mol. The number of hydrogen-bond donors (Lipinski definition) is 1. The van der Waals surface area contributed by atoms with Crippen molar-refractivity contribution >= 4 is 5.91 Å². The first-order valence-electron chi connectivity index (χ1n) is 7.79. The zero-order valence-electron chi connectivity index (χ0n) is 13.4. The van der Waals surface area contributed by atoms with Crippen molar-refractivity contribution in [3.8, 4) is 0 Å². The van der Waals surface area contributed by atoms with E-state index >= 15 is 0 Å². The molecule has 2 aliphatic rings. The first kappa shape index (κ1) is 14.8. The molecule has 110 valence electrons. The number of rotatable bonds is 2. The van der Waals surface area contributed by atoms with E-state index in [-0.39, 0.29) is 23.2 Å². The summed E-state index contributed by atoms with van der Waals surface area (Å²) in [6, 6.07) is 0.264. The van der Waals surface area contributed by atoms with Gasteiger partial charge in [0.05, 0.1) is 11.7 Å². The van der Waals surface area contributed by atoms with Crippen LogP contribution in [0.1, 0.15) is 67.2 Å². The molecule has 3 nitrogen and oxygen atoms in total. The Morgan fingerprint density at radius 1 is 1.21 bits per heavy atom. The SMILES string of the molecule is CC(C)C1NC2(CCCC2)C(=O)N1C(C)C(C)(C)C. The van der Waals surface area contributed by atoms with Crippen molar-refractivity contribution in [3.63, 3.8) is 0 Å². The van der Waals surface area contributed by atoms with Gasteiger partial charge in [0, 0.05) is 6.04 Å². The van der Waals surface area contributed by atoms with Crippen LogP contribution in [0.25, 0.3) is 0 Å². The molecule has 0 aromatic carbocycles. The fourth-order valence-electron chi connectivity index (χ4n) is 3.45. The summed E-state index contributed by atoms with van der Waals surface area (Å²) in [7, 11) is 0. The van der Waals surface area contributed by atoms with E-state index in [9.17, 15) is 4.79 Å². The number of amides is 1. The van der Waals surface area contributed by atoms with Crippen LogP contribution in [0.3, 0.4) is 0 Å². The normalized spacial score (nSPS) is 28.7. The van der Waals surface area contributed by atoms with Crippen molar-refractivity contribution in [2.75, 3.05) is 0 Å². The van der Waals surface area contributed by atoms with E-state index in [1.54, 1.807) is 0 Å². The molecule has 0 radical (unpaired) electrons. The van der Waals surface area contributed by atoms with E-state index in [1.165, 1.54) is 12.8 Å². The summed E-state index contributed by atoms with van der Waals surface area (Å²) in [5, 5.41) is 3.70. The third kappa shape index (κ3) is 2.42. The van der Waals surface area contributed by atoms with Gasteiger partial charge in [-0.1, -0.05) is 47.5 Å². The Morgan fingerprint density at radius 2 is 1.74 bits per heavy atom. The predicted octanol–water partition coefficient (Wildman–Crippen LogP) is 3.15. The Morgan fingerprint density at radius 3 is 2.16 bits per heavy atom. The van der Waals surface area contributed by atoms with Crippen molar-refractivity contribution in [2.45, 2.75) is 85.0 Å². The highest BCUT2D eigenvalue weighted by molar-refractivity contribution is 5.89. The Hall–Kier alpha value is -0.570. The van der Waals surface area contributed by atoms with Crippen LogP contribution >= 0.6 is 0 Å². The Kier molecular flexibility index (Phi) is 3.72. The van der Waals surface area contributed by atoms with Crippen molar-refractivity contribution < 1.29 is 4.79 Å². The molecule has 1 saturated heterocycles. The lowest BCUT2D eigenvalue weighted by atomic mass is 9.85. The average molecular weight is 266 g/mol. The molecular weight excluding hydrogens is 236 g/mol. The maximum Gasteiger partial charge on any atom is 0.244 e. The molecule has 0 aromatic rings. The highest BCUT2D eigenvalue weighted by Gasteiger charge is 2.55. The van der Waals surface area contributed by atoms with Crippen molar-refractivity contribution in [3.05, 3.63) is 0 Å². The maximum absolute atomic E-state index is 13.0. The average Bonchev–Trinajstić information content (AvgIpc) is 2.85. The fourth-order valence-corrected chi connectivity index (χ4v) is 3.45. The molecule has 2 rings (SSSR count). The molecule has 1 amide bonds. The minimum Gasteiger partial charge on any atom is -0.322 e. The molecule has 1 aliphatic carbocycles. The second-order valence-corrected chi connectivity index (χ2v) is 7.88. The van der Waals surface area contributed by atoms with Gasteiger partial charge >= 0.3 is 0 Å². The van der Waals surface area contributed by atoms with Gasteiger partial charge < -0.3 is 4.90 Å². The smallest absolute Gasteiger partial charge is 0.244 e. The summed E-state index contributed by atoms with van der Waals surface area (Å²) in [4.78, 5) is 15.1. The van der Waals surface area contributed by atoms with Gasteiger partial charge in [0.2, 0.25) is 5.91 Å². The van der Waals surface area contributed by atoms with Gasteiger partial charge in [0.15, 0.2) is 0 Å². The molecule has 0 aromatic heterocycles. The van der Waals surface area contributed by atoms with Crippen molar-refractivity contribution in [1.82, 2.24) is 10.2 Å². The van der Waals surface area contributed by atoms with Gasteiger partial charge in [-0.15, -0.1) is 0 Å². The second-order valence-electron chi connectivity index (χ2n) is 7.88. The third-order valence-electron chi connectivity index (χ3n) is 5.13. The van der Waals surface area contributed by atoms with Gasteiger partial charge in [0.1, 0.15) is 0 Å². The van der Waals surface area contributed by atoms with Gasteiger partial charge in [-0.05, 0) is 31.1 Å². The lowest BCUT2D eigenvalue weighted by Crippen LogP contribution is -2.50. The molecule has 1 N–H and O–H groups in total. The Labute approximate surface area is 118 Å². The molecule has 2 unspecified atom stereocenters. The van der Waals surface area contributed by atoms with Crippen LogP contribution in [0, 0.1) is 11.3 Å². The standard InChI is InChI=1S/C16H30N2O/c1-11(2)13-17-16(9-7-8-10-16)14(19)18(13)12(3)15(4,5)6/h11-13,17H,7-10H2,1-6H3.